The largest absolute Gasteiger partial charge is 0.467 e. The van der Waals surface area contributed by atoms with Crippen LogP contribution < -0.4 is 16.0 Å². The molecule has 8 heteroatoms. The Labute approximate surface area is 204 Å². The Balaban J connectivity index is 1.52. The topological polar surface area (TPSA) is 117 Å². The zero-order valence-corrected chi connectivity index (χ0v) is 19.5. The molecule has 1 fully saturated rings. The van der Waals surface area contributed by atoms with E-state index >= 15 is 0 Å². The minimum atomic E-state index is -1.01. The molecule has 2 aromatic carbocycles. The summed E-state index contributed by atoms with van der Waals surface area (Å²) in [7, 11) is 1.23. The first kappa shape index (κ1) is 25.7. The van der Waals surface area contributed by atoms with Gasteiger partial charge in [0.1, 0.15) is 6.04 Å². The molecule has 2 aromatic rings. The molecular formula is C27H29N3O5. The third kappa shape index (κ3) is 8.74. The van der Waals surface area contributed by atoms with Gasteiger partial charge in [0.15, 0.2) is 0 Å². The number of hydrogen-bond acceptors (Lipinski definition) is 6. The number of carbonyl (C=O) groups excluding carboxylic acids is 3. The fraction of sp³-hybridized carbons (Fsp3) is 0.296. The number of methoxy groups -OCH3 is 1. The Bertz CT molecular complexity index is 1110. The summed E-state index contributed by atoms with van der Waals surface area (Å²) in [5, 5.41) is 17.4. The van der Waals surface area contributed by atoms with Crippen LogP contribution in [-0.4, -0.2) is 55.2 Å². The average molecular weight is 476 g/mol. The molecule has 35 heavy (non-hydrogen) atoms. The SMILES string of the molecule is COC(=O)C(CNC(=O)CNC1CC1)NC(=O)c1ccc(C#CC=Cc2ccc(CO)cc2)cc1. The van der Waals surface area contributed by atoms with E-state index in [-0.39, 0.29) is 25.6 Å². The predicted molar refractivity (Wildman–Crippen MR) is 132 cm³/mol. The highest BCUT2D eigenvalue weighted by molar-refractivity contribution is 5.97. The van der Waals surface area contributed by atoms with E-state index in [0.29, 0.717) is 11.6 Å². The lowest BCUT2D eigenvalue weighted by molar-refractivity contribution is -0.142. The van der Waals surface area contributed by atoms with Crippen LogP contribution in [0.2, 0.25) is 0 Å². The van der Waals surface area contributed by atoms with Gasteiger partial charge in [-0.2, -0.15) is 0 Å². The summed E-state index contributed by atoms with van der Waals surface area (Å²) >= 11 is 0. The predicted octanol–water partition coefficient (Wildman–Crippen LogP) is 1.38. The molecule has 1 saturated carbocycles. The number of nitrogens with one attached hydrogen (secondary N) is 3. The Hall–Kier alpha value is -3.93. The van der Waals surface area contributed by atoms with E-state index in [0.717, 1.165) is 29.5 Å². The van der Waals surface area contributed by atoms with E-state index in [2.05, 4.69) is 27.8 Å². The van der Waals surface area contributed by atoms with Gasteiger partial charge < -0.3 is 25.8 Å². The van der Waals surface area contributed by atoms with Crippen LogP contribution in [0.1, 0.15) is 39.9 Å². The van der Waals surface area contributed by atoms with Crippen LogP contribution in [0.25, 0.3) is 6.08 Å². The number of aliphatic hydroxyl groups is 1. The molecule has 1 aliphatic carbocycles. The molecule has 182 valence electrons. The molecular weight excluding hydrogens is 446 g/mol. The zero-order chi connectivity index (χ0) is 25.0. The summed E-state index contributed by atoms with van der Waals surface area (Å²) in [6.45, 7) is 0.109. The highest BCUT2D eigenvalue weighted by atomic mass is 16.5. The van der Waals surface area contributed by atoms with Crippen LogP contribution in [0.3, 0.4) is 0 Å². The summed E-state index contributed by atoms with van der Waals surface area (Å²) in [5.41, 5.74) is 2.90. The van der Waals surface area contributed by atoms with Crippen molar-refractivity contribution in [1.82, 2.24) is 16.0 Å². The molecule has 3 rings (SSSR count). The quantitative estimate of drug-likeness (QED) is 0.305. The van der Waals surface area contributed by atoms with Crippen molar-refractivity contribution < 1.29 is 24.2 Å². The number of carbonyl (C=O) groups is 3. The fourth-order valence-corrected chi connectivity index (χ4v) is 3.08. The molecule has 0 aliphatic heterocycles. The number of ether oxygens (including phenoxy) is 1. The third-order valence-electron chi connectivity index (χ3n) is 5.31. The van der Waals surface area contributed by atoms with Gasteiger partial charge in [0.05, 0.1) is 20.3 Å². The van der Waals surface area contributed by atoms with E-state index in [9.17, 15) is 14.4 Å². The first-order valence-electron chi connectivity index (χ1n) is 11.3. The lowest BCUT2D eigenvalue weighted by atomic mass is 10.1. The summed E-state index contributed by atoms with van der Waals surface area (Å²) in [6.07, 6.45) is 5.72. The maximum atomic E-state index is 12.6. The number of benzene rings is 2. The standard InChI is InChI=1S/C27H29N3O5/c1-35-27(34)24(16-29-25(32)17-28-23-14-15-23)30-26(33)22-12-10-20(11-13-22)5-3-2-4-19-6-8-21(18-31)9-7-19/h2,4,6-13,23-24,28,31H,14-18H2,1H3,(H,29,32)(H,30,33). The smallest absolute Gasteiger partial charge is 0.330 e. The van der Waals surface area contributed by atoms with Gasteiger partial charge in [-0.3, -0.25) is 9.59 Å². The molecule has 0 saturated heterocycles. The normalized spacial score (nSPS) is 13.4. The number of esters is 1. The van der Waals surface area contributed by atoms with Crippen LogP contribution in [0.5, 0.6) is 0 Å². The number of amides is 2. The molecule has 2 amide bonds. The van der Waals surface area contributed by atoms with Gasteiger partial charge in [0, 0.05) is 23.7 Å². The Morgan fingerprint density at radius 1 is 1.11 bits per heavy atom. The monoisotopic (exact) mass is 475 g/mol. The number of aliphatic hydroxyl groups excluding tert-OH is 1. The minimum absolute atomic E-state index is 0.00971. The van der Waals surface area contributed by atoms with E-state index in [1.54, 1.807) is 30.3 Å². The van der Waals surface area contributed by atoms with Gasteiger partial charge in [-0.25, -0.2) is 4.79 Å². The maximum Gasteiger partial charge on any atom is 0.330 e. The van der Waals surface area contributed by atoms with E-state index < -0.39 is 17.9 Å². The summed E-state index contributed by atoms with van der Waals surface area (Å²) < 4.78 is 4.75. The van der Waals surface area contributed by atoms with Crippen molar-refractivity contribution in [2.24, 2.45) is 0 Å². The molecule has 8 nitrogen and oxygen atoms in total. The second-order valence-electron chi connectivity index (χ2n) is 8.09. The first-order valence-corrected chi connectivity index (χ1v) is 11.3. The van der Waals surface area contributed by atoms with Crippen LogP contribution >= 0.6 is 0 Å². The van der Waals surface area contributed by atoms with Gasteiger partial charge in [0.2, 0.25) is 5.91 Å². The van der Waals surface area contributed by atoms with E-state index in [1.807, 2.05) is 30.3 Å². The minimum Gasteiger partial charge on any atom is -0.467 e. The molecule has 0 radical (unpaired) electrons. The molecule has 1 atom stereocenters. The Kier molecular flexibility index (Phi) is 9.60. The number of allylic oxidation sites excluding steroid dienone is 1. The van der Waals surface area contributed by atoms with Gasteiger partial charge >= 0.3 is 5.97 Å². The van der Waals surface area contributed by atoms with Gasteiger partial charge in [0.25, 0.3) is 5.91 Å². The van der Waals surface area contributed by atoms with Crippen molar-refractivity contribution in [2.75, 3.05) is 20.2 Å². The lowest BCUT2D eigenvalue weighted by Gasteiger charge is -2.17. The third-order valence-corrected chi connectivity index (χ3v) is 5.31. The van der Waals surface area contributed by atoms with Crippen LogP contribution in [0, 0.1) is 11.8 Å². The second-order valence-corrected chi connectivity index (χ2v) is 8.09. The van der Waals surface area contributed by atoms with Crippen LogP contribution in [0.15, 0.2) is 54.6 Å². The molecule has 0 spiro atoms. The molecule has 1 unspecified atom stereocenters. The fourth-order valence-electron chi connectivity index (χ4n) is 3.08. The number of hydrogen-bond donors (Lipinski definition) is 4. The second kappa shape index (κ2) is 13.1. The zero-order valence-electron chi connectivity index (χ0n) is 19.5. The molecule has 0 aromatic heterocycles. The number of rotatable bonds is 10. The van der Waals surface area contributed by atoms with Crippen molar-refractivity contribution >= 4 is 23.9 Å². The summed E-state index contributed by atoms with van der Waals surface area (Å²) in [6, 6.07) is 13.5. The highest BCUT2D eigenvalue weighted by Crippen LogP contribution is 2.17. The molecule has 4 N–H and O–H groups in total. The van der Waals surface area contributed by atoms with Crippen molar-refractivity contribution in [2.45, 2.75) is 31.5 Å². The van der Waals surface area contributed by atoms with Gasteiger partial charge in [-0.1, -0.05) is 36.1 Å². The van der Waals surface area contributed by atoms with Crippen LogP contribution in [0.4, 0.5) is 0 Å². The molecule has 1 aliphatic rings. The lowest BCUT2D eigenvalue weighted by Crippen LogP contribution is -2.50. The van der Waals surface area contributed by atoms with Gasteiger partial charge in [-0.05, 0) is 60.4 Å². The Morgan fingerprint density at radius 2 is 1.83 bits per heavy atom. The van der Waals surface area contributed by atoms with Crippen molar-refractivity contribution in [1.29, 1.82) is 0 Å². The summed E-state index contributed by atoms with van der Waals surface area (Å²) in [5.74, 6) is 4.58. The van der Waals surface area contributed by atoms with Gasteiger partial charge in [-0.15, -0.1) is 0 Å². The van der Waals surface area contributed by atoms with Crippen molar-refractivity contribution in [3.05, 3.63) is 76.9 Å². The van der Waals surface area contributed by atoms with Crippen molar-refractivity contribution in [3.8, 4) is 11.8 Å². The van der Waals surface area contributed by atoms with Crippen molar-refractivity contribution in [3.63, 3.8) is 0 Å². The average Bonchev–Trinajstić information content (AvgIpc) is 3.72. The van der Waals surface area contributed by atoms with Crippen LogP contribution in [-0.2, 0) is 20.9 Å². The van der Waals surface area contributed by atoms with E-state index in [4.69, 9.17) is 9.84 Å². The maximum absolute atomic E-state index is 12.6. The molecule has 0 heterocycles. The van der Waals surface area contributed by atoms with E-state index in [1.165, 1.54) is 7.11 Å². The molecule has 0 bridgehead atoms. The Morgan fingerprint density at radius 3 is 2.46 bits per heavy atom. The highest BCUT2D eigenvalue weighted by Gasteiger charge is 2.24. The first-order chi connectivity index (χ1) is 17.0. The summed E-state index contributed by atoms with van der Waals surface area (Å²) in [4.78, 5) is 36.6.